The number of hydrogen-bond donors (Lipinski definition) is 1. The maximum atomic E-state index is 13.8. The van der Waals surface area contributed by atoms with E-state index in [9.17, 15) is 4.39 Å². The quantitative estimate of drug-likeness (QED) is 0.726. The average molecular weight is 279 g/mol. The molecule has 0 amide bonds. The Bertz CT molecular complexity index is 779. The van der Waals surface area contributed by atoms with Gasteiger partial charge in [0.2, 0.25) is 0 Å². The van der Waals surface area contributed by atoms with Crippen molar-refractivity contribution in [3.8, 4) is 0 Å². The Kier molecular flexibility index (Phi) is 3.48. The van der Waals surface area contributed by atoms with Crippen LogP contribution in [0.2, 0.25) is 0 Å². The van der Waals surface area contributed by atoms with E-state index in [4.69, 9.17) is 5.73 Å². The first-order valence-electron chi connectivity index (χ1n) is 7.08. The van der Waals surface area contributed by atoms with Crippen molar-refractivity contribution >= 4 is 10.8 Å². The van der Waals surface area contributed by atoms with E-state index in [1.807, 2.05) is 36.4 Å². The Morgan fingerprint density at radius 2 is 1.52 bits per heavy atom. The monoisotopic (exact) mass is 279 g/mol. The summed E-state index contributed by atoms with van der Waals surface area (Å²) in [4.78, 5) is 0. The Morgan fingerprint density at radius 1 is 0.905 bits per heavy atom. The van der Waals surface area contributed by atoms with Gasteiger partial charge in [0.05, 0.1) is 6.04 Å². The predicted molar refractivity (Wildman–Crippen MR) is 85.9 cm³/mol. The lowest BCUT2D eigenvalue weighted by Gasteiger charge is -2.17. The summed E-state index contributed by atoms with van der Waals surface area (Å²) in [6, 6.07) is 17.7. The summed E-state index contributed by atoms with van der Waals surface area (Å²) in [5, 5.41) is 2.31. The molecular formula is C19H18FN. The Hall–Kier alpha value is -2.19. The first kappa shape index (κ1) is 13.8. The molecule has 3 aromatic rings. The smallest absolute Gasteiger partial charge is 0.129 e. The van der Waals surface area contributed by atoms with Crippen molar-refractivity contribution in [3.63, 3.8) is 0 Å². The van der Waals surface area contributed by atoms with Crippen LogP contribution in [-0.2, 0) is 0 Å². The second kappa shape index (κ2) is 5.30. The van der Waals surface area contributed by atoms with E-state index >= 15 is 0 Å². The third-order valence-corrected chi connectivity index (χ3v) is 3.98. The molecule has 1 atom stereocenters. The minimum atomic E-state index is -0.255. The molecule has 0 fully saturated rings. The lowest BCUT2D eigenvalue weighted by atomic mass is 9.92. The molecule has 0 bridgehead atoms. The summed E-state index contributed by atoms with van der Waals surface area (Å²) in [6.45, 7) is 3.56. The number of hydrogen-bond acceptors (Lipinski definition) is 1. The molecule has 0 heterocycles. The van der Waals surface area contributed by atoms with Gasteiger partial charge < -0.3 is 5.73 Å². The van der Waals surface area contributed by atoms with Crippen molar-refractivity contribution in [1.29, 1.82) is 0 Å². The fourth-order valence-electron chi connectivity index (χ4n) is 2.86. The van der Waals surface area contributed by atoms with Crippen molar-refractivity contribution in [2.24, 2.45) is 5.73 Å². The Morgan fingerprint density at radius 3 is 2.24 bits per heavy atom. The van der Waals surface area contributed by atoms with E-state index in [1.165, 1.54) is 5.39 Å². The van der Waals surface area contributed by atoms with Crippen LogP contribution in [0.4, 0.5) is 4.39 Å². The molecule has 0 radical (unpaired) electrons. The fourth-order valence-corrected chi connectivity index (χ4v) is 2.86. The molecule has 0 spiro atoms. The summed E-state index contributed by atoms with van der Waals surface area (Å²) in [6.07, 6.45) is 0. The number of nitrogens with two attached hydrogens (primary N) is 1. The minimum Gasteiger partial charge on any atom is -0.320 e. The molecule has 1 nitrogen and oxygen atoms in total. The molecule has 2 N–H and O–H groups in total. The van der Waals surface area contributed by atoms with Gasteiger partial charge in [-0.3, -0.25) is 0 Å². The third kappa shape index (κ3) is 2.43. The molecule has 3 aromatic carbocycles. The predicted octanol–water partition coefficient (Wildman–Crippen LogP) is 4.64. The highest BCUT2D eigenvalue weighted by molar-refractivity contribution is 5.86. The van der Waals surface area contributed by atoms with Crippen LogP contribution in [0, 0.1) is 19.7 Å². The minimum absolute atomic E-state index is 0.149. The number of halogens is 1. The maximum Gasteiger partial charge on any atom is 0.129 e. The highest BCUT2D eigenvalue weighted by atomic mass is 19.1. The SMILES string of the molecule is Cc1cc(C(N)c2cccc3ccccc23)cc(C)c1F. The Labute approximate surface area is 124 Å². The van der Waals surface area contributed by atoms with E-state index < -0.39 is 0 Å². The molecular weight excluding hydrogens is 261 g/mol. The third-order valence-electron chi connectivity index (χ3n) is 3.98. The van der Waals surface area contributed by atoms with E-state index in [1.54, 1.807) is 13.8 Å². The normalized spacial score (nSPS) is 12.6. The standard InChI is InChI=1S/C19H18FN/c1-12-10-15(11-13(2)18(12)20)19(21)17-9-5-7-14-6-3-4-8-16(14)17/h3-11,19H,21H2,1-2H3. The number of fused-ring (bicyclic) bond motifs is 1. The van der Waals surface area contributed by atoms with Crippen LogP contribution in [0.25, 0.3) is 10.8 Å². The molecule has 0 aliphatic carbocycles. The van der Waals surface area contributed by atoms with Crippen LogP contribution in [0.1, 0.15) is 28.3 Å². The highest BCUT2D eigenvalue weighted by Gasteiger charge is 2.14. The molecule has 21 heavy (non-hydrogen) atoms. The van der Waals surface area contributed by atoms with Gasteiger partial charge in [0.1, 0.15) is 5.82 Å². The summed E-state index contributed by atoms with van der Waals surface area (Å²) in [5.41, 5.74) is 9.74. The fraction of sp³-hybridized carbons (Fsp3) is 0.158. The summed E-state index contributed by atoms with van der Waals surface area (Å²) >= 11 is 0. The topological polar surface area (TPSA) is 26.0 Å². The van der Waals surface area contributed by atoms with Gasteiger partial charge in [-0.05, 0) is 46.9 Å². The molecule has 0 saturated carbocycles. The first-order valence-corrected chi connectivity index (χ1v) is 7.08. The van der Waals surface area contributed by atoms with Crippen LogP contribution in [0.3, 0.4) is 0 Å². The maximum absolute atomic E-state index is 13.8. The molecule has 3 rings (SSSR count). The first-order chi connectivity index (χ1) is 10.1. The molecule has 1 unspecified atom stereocenters. The molecule has 2 heteroatoms. The largest absolute Gasteiger partial charge is 0.320 e. The lowest BCUT2D eigenvalue weighted by molar-refractivity contribution is 0.607. The van der Waals surface area contributed by atoms with Gasteiger partial charge in [0.25, 0.3) is 0 Å². The van der Waals surface area contributed by atoms with Gasteiger partial charge in [0, 0.05) is 0 Å². The van der Waals surface area contributed by atoms with Crippen LogP contribution in [0.5, 0.6) is 0 Å². The van der Waals surface area contributed by atoms with E-state index in [0.29, 0.717) is 11.1 Å². The van der Waals surface area contributed by atoms with Gasteiger partial charge in [-0.1, -0.05) is 54.6 Å². The van der Waals surface area contributed by atoms with Gasteiger partial charge in [-0.15, -0.1) is 0 Å². The highest BCUT2D eigenvalue weighted by Crippen LogP contribution is 2.29. The van der Waals surface area contributed by atoms with Crippen LogP contribution in [-0.4, -0.2) is 0 Å². The molecule has 0 aromatic heterocycles. The molecule has 0 saturated heterocycles. The van der Waals surface area contributed by atoms with Crippen LogP contribution >= 0.6 is 0 Å². The van der Waals surface area contributed by atoms with Crippen molar-refractivity contribution in [2.45, 2.75) is 19.9 Å². The van der Waals surface area contributed by atoms with Gasteiger partial charge in [0.15, 0.2) is 0 Å². The van der Waals surface area contributed by atoms with Gasteiger partial charge in [-0.25, -0.2) is 4.39 Å². The number of benzene rings is 3. The average Bonchev–Trinajstić information content (AvgIpc) is 2.51. The van der Waals surface area contributed by atoms with Crippen molar-refractivity contribution in [2.75, 3.05) is 0 Å². The van der Waals surface area contributed by atoms with Crippen LogP contribution in [0.15, 0.2) is 54.6 Å². The molecule has 0 aliphatic heterocycles. The second-order valence-electron chi connectivity index (χ2n) is 5.51. The van der Waals surface area contributed by atoms with Gasteiger partial charge in [-0.2, -0.15) is 0 Å². The van der Waals surface area contributed by atoms with Gasteiger partial charge >= 0.3 is 0 Å². The molecule has 106 valence electrons. The summed E-state index contributed by atoms with van der Waals surface area (Å²) in [7, 11) is 0. The lowest BCUT2D eigenvalue weighted by Crippen LogP contribution is -2.13. The molecule has 0 aliphatic rings. The zero-order valence-electron chi connectivity index (χ0n) is 12.2. The zero-order valence-corrected chi connectivity index (χ0v) is 12.2. The van der Waals surface area contributed by atoms with Crippen molar-refractivity contribution in [1.82, 2.24) is 0 Å². The van der Waals surface area contributed by atoms with Crippen molar-refractivity contribution < 1.29 is 4.39 Å². The zero-order chi connectivity index (χ0) is 15.0. The Balaban J connectivity index is 2.15. The summed E-state index contributed by atoms with van der Waals surface area (Å²) < 4.78 is 13.8. The van der Waals surface area contributed by atoms with E-state index in [2.05, 4.69) is 18.2 Å². The van der Waals surface area contributed by atoms with Crippen molar-refractivity contribution in [3.05, 3.63) is 82.7 Å². The second-order valence-corrected chi connectivity index (χ2v) is 5.51. The van der Waals surface area contributed by atoms with E-state index in [0.717, 1.165) is 16.5 Å². The van der Waals surface area contributed by atoms with Crippen LogP contribution < -0.4 is 5.73 Å². The summed E-state index contributed by atoms with van der Waals surface area (Å²) in [5.74, 6) is -0.149. The number of rotatable bonds is 2. The number of aryl methyl sites for hydroxylation is 2. The van der Waals surface area contributed by atoms with E-state index in [-0.39, 0.29) is 11.9 Å².